The molecule has 1 heterocycles. The molecule has 8 heteroatoms. The number of sulfone groups is 1. The first-order valence-electron chi connectivity index (χ1n) is 6.47. The quantitative estimate of drug-likeness (QED) is 0.926. The molecule has 0 aliphatic carbocycles. The Labute approximate surface area is 121 Å². The highest BCUT2D eigenvalue weighted by Gasteiger charge is 2.46. The molecule has 0 amide bonds. The van der Waals surface area contributed by atoms with Crippen LogP contribution in [0, 0.1) is 5.92 Å². The van der Waals surface area contributed by atoms with Crippen molar-refractivity contribution >= 4 is 15.5 Å². The number of aliphatic hydroxyl groups excluding tert-OH is 1. The molecule has 1 aliphatic heterocycles. The van der Waals surface area contributed by atoms with Gasteiger partial charge in [0.15, 0.2) is 0 Å². The number of halogens is 3. The van der Waals surface area contributed by atoms with Gasteiger partial charge in [0.1, 0.15) is 0 Å². The lowest BCUT2D eigenvalue weighted by atomic mass is 10.0. The minimum atomic E-state index is -5.30. The van der Waals surface area contributed by atoms with Crippen molar-refractivity contribution in [2.24, 2.45) is 5.92 Å². The van der Waals surface area contributed by atoms with Crippen LogP contribution in [0.4, 0.5) is 18.9 Å². The first-order valence-corrected chi connectivity index (χ1v) is 7.95. The van der Waals surface area contributed by atoms with Crippen LogP contribution in [0.3, 0.4) is 0 Å². The monoisotopic (exact) mass is 323 g/mol. The Morgan fingerprint density at radius 1 is 1.29 bits per heavy atom. The zero-order valence-electron chi connectivity index (χ0n) is 11.3. The summed E-state index contributed by atoms with van der Waals surface area (Å²) in [6.45, 7) is 2.98. The first kappa shape index (κ1) is 16.1. The van der Waals surface area contributed by atoms with Crippen LogP contribution in [0.5, 0.6) is 0 Å². The number of nitrogens with zero attached hydrogens (tertiary/aromatic N) is 1. The van der Waals surface area contributed by atoms with E-state index in [2.05, 4.69) is 0 Å². The molecule has 1 aromatic rings. The molecule has 0 saturated carbocycles. The second kappa shape index (κ2) is 5.49. The topological polar surface area (TPSA) is 57.6 Å². The van der Waals surface area contributed by atoms with Crippen molar-refractivity contribution in [1.82, 2.24) is 0 Å². The third-order valence-electron chi connectivity index (χ3n) is 3.72. The molecule has 2 rings (SSSR count). The lowest BCUT2D eigenvalue weighted by Crippen LogP contribution is -2.25. The Balaban J connectivity index is 2.18. The van der Waals surface area contributed by atoms with E-state index in [0.717, 1.165) is 18.6 Å². The number of hydrogen-bond donors (Lipinski definition) is 1. The van der Waals surface area contributed by atoms with Gasteiger partial charge in [-0.2, -0.15) is 13.2 Å². The molecule has 2 atom stereocenters. The lowest BCUT2D eigenvalue weighted by molar-refractivity contribution is -0.0436. The van der Waals surface area contributed by atoms with Crippen LogP contribution in [-0.4, -0.2) is 38.2 Å². The maximum absolute atomic E-state index is 12.4. The van der Waals surface area contributed by atoms with Gasteiger partial charge in [-0.05, 0) is 37.6 Å². The van der Waals surface area contributed by atoms with Gasteiger partial charge in [0, 0.05) is 24.7 Å². The molecule has 1 fully saturated rings. The predicted octanol–water partition coefficient (Wildman–Crippen LogP) is 2.19. The Hall–Kier alpha value is -1.28. The van der Waals surface area contributed by atoms with Crippen LogP contribution in [0.25, 0.3) is 0 Å². The molecule has 1 saturated heterocycles. The van der Waals surface area contributed by atoms with E-state index in [1.165, 1.54) is 12.1 Å². The normalized spacial score (nSPS) is 21.6. The van der Waals surface area contributed by atoms with Crippen molar-refractivity contribution in [2.45, 2.75) is 29.9 Å². The molecule has 0 bridgehead atoms. The molecule has 1 N–H and O–H groups in total. The maximum atomic E-state index is 12.4. The zero-order valence-corrected chi connectivity index (χ0v) is 12.2. The fourth-order valence-corrected chi connectivity index (χ4v) is 3.15. The number of anilines is 1. The summed E-state index contributed by atoms with van der Waals surface area (Å²) in [7, 11) is -5.30. The van der Waals surface area contributed by atoms with Crippen LogP contribution in [0.2, 0.25) is 0 Å². The van der Waals surface area contributed by atoms with E-state index in [4.69, 9.17) is 0 Å². The van der Waals surface area contributed by atoms with Gasteiger partial charge in [-0.25, -0.2) is 8.42 Å². The van der Waals surface area contributed by atoms with Gasteiger partial charge in [0.2, 0.25) is 0 Å². The fourth-order valence-electron chi connectivity index (χ4n) is 2.39. The summed E-state index contributed by atoms with van der Waals surface area (Å²) in [4.78, 5) is 1.16. The maximum Gasteiger partial charge on any atom is 0.501 e. The Kier molecular flexibility index (Phi) is 4.21. The van der Waals surface area contributed by atoms with Crippen LogP contribution in [-0.2, 0) is 9.84 Å². The smallest absolute Gasteiger partial charge is 0.393 e. The highest BCUT2D eigenvalue weighted by Crippen LogP contribution is 2.32. The van der Waals surface area contributed by atoms with Gasteiger partial charge in [-0.3, -0.25) is 0 Å². The van der Waals surface area contributed by atoms with E-state index in [1.54, 1.807) is 6.92 Å². The van der Waals surface area contributed by atoms with E-state index in [0.29, 0.717) is 18.8 Å². The summed E-state index contributed by atoms with van der Waals surface area (Å²) in [5, 5.41) is 9.53. The van der Waals surface area contributed by atoms with Gasteiger partial charge >= 0.3 is 5.51 Å². The van der Waals surface area contributed by atoms with Crippen molar-refractivity contribution in [3.63, 3.8) is 0 Å². The zero-order chi connectivity index (χ0) is 15.8. The van der Waals surface area contributed by atoms with Crippen molar-refractivity contribution in [2.75, 3.05) is 18.0 Å². The first-order chi connectivity index (χ1) is 9.63. The highest BCUT2D eigenvalue weighted by molar-refractivity contribution is 7.92. The predicted molar refractivity (Wildman–Crippen MR) is 71.7 cm³/mol. The molecule has 0 radical (unpaired) electrons. The molecule has 1 aliphatic rings. The van der Waals surface area contributed by atoms with Gasteiger partial charge < -0.3 is 10.0 Å². The van der Waals surface area contributed by atoms with Crippen molar-refractivity contribution < 1.29 is 26.7 Å². The molecular weight excluding hydrogens is 307 g/mol. The average Bonchev–Trinajstić information content (AvgIpc) is 2.87. The minimum absolute atomic E-state index is 0.114. The third kappa shape index (κ3) is 3.16. The van der Waals surface area contributed by atoms with E-state index < -0.39 is 26.3 Å². The van der Waals surface area contributed by atoms with Gasteiger partial charge in [0.25, 0.3) is 9.84 Å². The van der Waals surface area contributed by atoms with Crippen LogP contribution < -0.4 is 4.90 Å². The molecule has 4 nitrogen and oxygen atoms in total. The molecule has 0 spiro atoms. The molecule has 118 valence electrons. The van der Waals surface area contributed by atoms with E-state index in [9.17, 15) is 26.7 Å². The Bertz CT molecular complexity index is 596. The lowest BCUT2D eigenvalue weighted by Gasteiger charge is -2.20. The minimum Gasteiger partial charge on any atom is -0.393 e. The second-order valence-corrected chi connectivity index (χ2v) is 7.12. The van der Waals surface area contributed by atoms with Gasteiger partial charge in [0.05, 0.1) is 11.0 Å². The molecule has 0 aromatic heterocycles. The number of rotatable bonds is 3. The fraction of sp³-hybridized carbons (Fsp3) is 0.538. The Morgan fingerprint density at radius 3 is 2.29 bits per heavy atom. The van der Waals surface area contributed by atoms with Crippen molar-refractivity contribution in [1.29, 1.82) is 0 Å². The second-order valence-electron chi connectivity index (χ2n) is 5.18. The van der Waals surface area contributed by atoms with Gasteiger partial charge in [-0.1, -0.05) is 0 Å². The summed E-state index contributed by atoms with van der Waals surface area (Å²) in [5.41, 5.74) is -4.64. The molecule has 2 unspecified atom stereocenters. The number of hydrogen-bond acceptors (Lipinski definition) is 4. The van der Waals surface area contributed by atoms with Crippen LogP contribution in [0.15, 0.2) is 29.2 Å². The van der Waals surface area contributed by atoms with Crippen molar-refractivity contribution in [3.8, 4) is 0 Å². The number of benzene rings is 1. The Morgan fingerprint density at radius 2 is 1.86 bits per heavy atom. The van der Waals surface area contributed by atoms with Crippen LogP contribution in [0.1, 0.15) is 13.3 Å². The molecule has 21 heavy (non-hydrogen) atoms. The van der Waals surface area contributed by atoms with Gasteiger partial charge in [-0.15, -0.1) is 0 Å². The largest absolute Gasteiger partial charge is 0.501 e. The summed E-state index contributed by atoms with van der Waals surface area (Å²) in [6.07, 6.45) is 0.347. The summed E-state index contributed by atoms with van der Waals surface area (Å²) >= 11 is 0. The number of aliphatic hydroxyl groups is 1. The average molecular weight is 323 g/mol. The number of alkyl halides is 3. The molecule has 1 aromatic carbocycles. The van der Waals surface area contributed by atoms with E-state index in [1.807, 2.05) is 4.90 Å². The summed E-state index contributed by atoms with van der Waals surface area (Å²) < 4.78 is 59.8. The highest BCUT2D eigenvalue weighted by atomic mass is 32.2. The SMILES string of the molecule is CC(O)C1CCN(c2ccc(S(=O)(=O)C(F)(F)F)cc2)C1. The van der Waals surface area contributed by atoms with E-state index >= 15 is 0 Å². The van der Waals surface area contributed by atoms with Crippen molar-refractivity contribution in [3.05, 3.63) is 24.3 Å². The third-order valence-corrected chi connectivity index (χ3v) is 5.23. The summed E-state index contributed by atoms with van der Waals surface area (Å²) in [6, 6.07) is 4.66. The van der Waals surface area contributed by atoms with E-state index in [-0.39, 0.29) is 5.92 Å². The van der Waals surface area contributed by atoms with Crippen LogP contribution >= 0.6 is 0 Å². The standard InChI is InChI=1S/C13H16F3NO3S/c1-9(18)10-6-7-17(8-10)11-2-4-12(5-3-11)21(19,20)13(14,15)16/h2-5,9-10,18H,6-8H2,1H3. The molecular formula is C13H16F3NO3S. The summed E-state index contributed by atoms with van der Waals surface area (Å²) in [5.74, 6) is 0.114.